The van der Waals surface area contributed by atoms with E-state index in [1.165, 1.54) is 9.36 Å². The Bertz CT molecular complexity index is 1250. The van der Waals surface area contributed by atoms with E-state index < -0.39 is 0 Å². The lowest BCUT2D eigenvalue weighted by Crippen LogP contribution is -2.23. The number of hydrogen-bond acceptors (Lipinski definition) is 7. The van der Waals surface area contributed by atoms with Gasteiger partial charge in [-0.2, -0.15) is 14.3 Å². The van der Waals surface area contributed by atoms with Crippen LogP contribution in [0.2, 0.25) is 0 Å². The lowest BCUT2D eigenvalue weighted by atomic mass is 10.1. The number of nitrogens with zero attached hydrogens (tertiary/aromatic N) is 6. The summed E-state index contributed by atoms with van der Waals surface area (Å²) in [5.41, 5.74) is 2.90. The second-order valence-corrected chi connectivity index (χ2v) is 6.61. The van der Waals surface area contributed by atoms with Gasteiger partial charge in [0, 0.05) is 30.4 Å². The predicted octanol–water partition coefficient (Wildman–Crippen LogP) is 2.32. The summed E-state index contributed by atoms with van der Waals surface area (Å²) in [5.74, 6) is 1.67. The predicted molar refractivity (Wildman–Crippen MR) is 110 cm³/mol. The van der Waals surface area contributed by atoms with Crippen LogP contribution < -0.4 is 15.2 Å². The van der Waals surface area contributed by atoms with Gasteiger partial charge in [0.2, 0.25) is 5.88 Å². The molecule has 0 bridgehead atoms. The van der Waals surface area contributed by atoms with Crippen LogP contribution in [-0.4, -0.2) is 36.9 Å². The molecule has 0 saturated heterocycles. The molecule has 9 heteroatoms. The molecule has 4 rings (SSSR count). The van der Waals surface area contributed by atoms with E-state index in [0.717, 1.165) is 22.4 Å². The molecule has 9 nitrogen and oxygen atoms in total. The SMILES string of the molecule is COc1cccc(-c2nccc(OCc3c(C)cccc3-n3nnn(C)c3=O)n2)c1. The van der Waals surface area contributed by atoms with Crippen molar-refractivity contribution >= 4 is 0 Å². The van der Waals surface area contributed by atoms with Crippen LogP contribution in [0.5, 0.6) is 11.6 Å². The average Bonchev–Trinajstić information content (AvgIpc) is 3.11. The Balaban J connectivity index is 1.62. The Hall–Kier alpha value is -4.01. The van der Waals surface area contributed by atoms with Crippen molar-refractivity contribution in [3.8, 4) is 28.7 Å². The van der Waals surface area contributed by atoms with Gasteiger partial charge in [-0.1, -0.05) is 24.3 Å². The summed E-state index contributed by atoms with van der Waals surface area (Å²) in [7, 11) is 3.17. The normalized spacial score (nSPS) is 10.8. The van der Waals surface area contributed by atoms with Gasteiger partial charge in [0.05, 0.1) is 12.8 Å². The van der Waals surface area contributed by atoms with E-state index in [0.29, 0.717) is 17.4 Å². The van der Waals surface area contributed by atoms with Gasteiger partial charge in [-0.25, -0.2) is 9.78 Å². The smallest absolute Gasteiger partial charge is 0.368 e. The van der Waals surface area contributed by atoms with E-state index in [4.69, 9.17) is 9.47 Å². The third-order valence-electron chi connectivity index (χ3n) is 4.66. The Kier molecular flexibility index (Phi) is 5.25. The Morgan fingerprint density at radius 2 is 1.90 bits per heavy atom. The van der Waals surface area contributed by atoms with E-state index in [1.54, 1.807) is 26.4 Å². The van der Waals surface area contributed by atoms with E-state index >= 15 is 0 Å². The van der Waals surface area contributed by atoms with Gasteiger partial charge in [0.1, 0.15) is 12.4 Å². The minimum absolute atomic E-state index is 0.208. The molecule has 2 heterocycles. The summed E-state index contributed by atoms with van der Waals surface area (Å²) in [5, 5.41) is 7.72. The van der Waals surface area contributed by atoms with Gasteiger partial charge >= 0.3 is 5.69 Å². The van der Waals surface area contributed by atoms with E-state index in [9.17, 15) is 4.79 Å². The van der Waals surface area contributed by atoms with Gasteiger partial charge in [0.25, 0.3) is 0 Å². The molecule has 2 aromatic heterocycles. The molecule has 152 valence electrons. The number of tetrazole rings is 1. The monoisotopic (exact) mass is 404 g/mol. The maximum absolute atomic E-state index is 12.3. The van der Waals surface area contributed by atoms with Crippen molar-refractivity contribution in [2.24, 2.45) is 7.05 Å². The van der Waals surface area contributed by atoms with Gasteiger partial charge in [-0.3, -0.25) is 0 Å². The molecular formula is C21H20N6O3. The van der Waals surface area contributed by atoms with Crippen LogP contribution in [0.25, 0.3) is 17.1 Å². The number of rotatable bonds is 6. The molecule has 0 unspecified atom stereocenters. The molecule has 4 aromatic rings. The molecule has 30 heavy (non-hydrogen) atoms. The second kappa shape index (κ2) is 8.16. The van der Waals surface area contributed by atoms with Crippen LogP contribution >= 0.6 is 0 Å². The Labute approximate surface area is 172 Å². The molecule has 0 radical (unpaired) electrons. The summed E-state index contributed by atoms with van der Waals surface area (Å²) in [4.78, 5) is 21.1. The topological polar surface area (TPSA) is 97.0 Å². The first-order chi connectivity index (χ1) is 14.6. The molecule has 0 aliphatic rings. The molecule has 0 atom stereocenters. The van der Waals surface area contributed by atoms with E-state index in [-0.39, 0.29) is 12.3 Å². The number of aromatic nitrogens is 6. The molecule has 0 spiro atoms. The van der Waals surface area contributed by atoms with Gasteiger partial charge in [-0.15, -0.1) is 0 Å². The van der Waals surface area contributed by atoms with Crippen molar-refractivity contribution in [1.82, 2.24) is 29.8 Å². The Morgan fingerprint density at radius 1 is 1.07 bits per heavy atom. The standard InChI is InChI=1S/C21H20N6O3/c1-14-6-4-9-18(27-21(28)26(2)24-25-27)17(14)13-30-19-10-11-22-20(23-19)15-7-5-8-16(12-15)29-3/h4-12H,13H2,1-3H3. The first-order valence-electron chi connectivity index (χ1n) is 9.25. The minimum Gasteiger partial charge on any atom is -0.497 e. The highest BCUT2D eigenvalue weighted by Gasteiger charge is 2.14. The van der Waals surface area contributed by atoms with Crippen LogP contribution in [-0.2, 0) is 13.7 Å². The number of hydrogen-bond donors (Lipinski definition) is 0. The van der Waals surface area contributed by atoms with E-state index in [2.05, 4.69) is 20.4 Å². The highest BCUT2D eigenvalue weighted by atomic mass is 16.5. The molecular weight excluding hydrogens is 384 g/mol. The van der Waals surface area contributed by atoms with Crippen LogP contribution in [0.15, 0.2) is 59.5 Å². The summed E-state index contributed by atoms with van der Waals surface area (Å²) in [6.07, 6.45) is 1.64. The van der Waals surface area contributed by atoms with Crippen LogP contribution in [0, 0.1) is 6.92 Å². The van der Waals surface area contributed by atoms with Crippen molar-refractivity contribution in [3.05, 3.63) is 76.3 Å². The highest BCUT2D eigenvalue weighted by Crippen LogP contribution is 2.23. The lowest BCUT2D eigenvalue weighted by molar-refractivity contribution is 0.292. The molecule has 0 aliphatic heterocycles. The fourth-order valence-corrected chi connectivity index (χ4v) is 3.01. The zero-order valence-electron chi connectivity index (χ0n) is 16.8. The van der Waals surface area contributed by atoms with E-state index in [1.807, 2.05) is 49.4 Å². The first-order valence-corrected chi connectivity index (χ1v) is 9.25. The zero-order valence-corrected chi connectivity index (χ0v) is 16.8. The van der Waals surface area contributed by atoms with Crippen molar-refractivity contribution in [3.63, 3.8) is 0 Å². The molecule has 0 amide bonds. The second-order valence-electron chi connectivity index (χ2n) is 6.61. The summed E-state index contributed by atoms with van der Waals surface area (Å²) >= 11 is 0. The highest BCUT2D eigenvalue weighted by molar-refractivity contribution is 5.57. The maximum atomic E-state index is 12.3. The molecule has 2 aromatic carbocycles. The lowest BCUT2D eigenvalue weighted by Gasteiger charge is -2.13. The molecule has 0 fully saturated rings. The molecule has 0 N–H and O–H groups in total. The fourth-order valence-electron chi connectivity index (χ4n) is 3.01. The zero-order chi connectivity index (χ0) is 21.1. The number of methoxy groups -OCH3 is 1. The fraction of sp³-hybridized carbons (Fsp3) is 0.190. The van der Waals surface area contributed by atoms with Crippen molar-refractivity contribution in [2.75, 3.05) is 7.11 Å². The number of benzene rings is 2. The van der Waals surface area contributed by atoms with Crippen molar-refractivity contribution < 1.29 is 9.47 Å². The molecule has 0 saturated carbocycles. The third kappa shape index (κ3) is 3.77. The minimum atomic E-state index is -0.329. The summed E-state index contributed by atoms with van der Waals surface area (Å²) in [6.45, 7) is 2.16. The van der Waals surface area contributed by atoms with Crippen LogP contribution in [0.1, 0.15) is 11.1 Å². The quantitative estimate of drug-likeness (QED) is 0.486. The number of aryl methyl sites for hydroxylation is 2. The average molecular weight is 404 g/mol. The third-order valence-corrected chi connectivity index (χ3v) is 4.66. The van der Waals surface area contributed by atoms with Gasteiger partial charge < -0.3 is 9.47 Å². The van der Waals surface area contributed by atoms with Crippen molar-refractivity contribution in [1.29, 1.82) is 0 Å². The van der Waals surface area contributed by atoms with Gasteiger partial charge in [0.15, 0.2) is 5.82 Å². The van der Waals surface area contributed by atoms with Crippen LogP contribution in [0.4, 0.5) is 0 Å². The Morgan fingerprint density at radius 3 is 2.67 bits per heavy atom. The molecule has 0 aliphatic carbocycles. The summed E-state index contributed by atoms with van der Waals surface area (Å²) < 4.78 is 13.6. The van der Waals surface area contributed by atoms with Gasteiger partial charge in [-0.05, 0) is 41.1 Å². The maximum Gasteiger partial charge on any atom is 0.368 e. The largest absolute Gasteiger partial charge is 0.497 e. The van der Waals surface area contributed by atoms with Crippen molar-refractivity contribution in [2.45, 2.75) is 13.5 Å². The summed E-state index contributed by atoms with van der Waals surface area (Å²) in [6, 6.07) is 14.8. The first kappa shape index (κ1) is 19.3. The number of ether oxygens (including phenoxy) is 2. The van der Waals surface area contributed by atoms with Crippen LogP contribution in [0.3, 0.4) is 0 Å².